The number of hydrogen-bond acceptors (Lipinski definition) is 3. The normalized spacial score (nSPS) is 19.8. The summed E-state index contributed by atoms with van der Waals surface area (Å²) in [7, 11) is -1.69. The van der Waals surface area contributed by atoms with Gasteiger partial charge in [-0.3, -0.25) is 4.99 Å². The molecule has 2 aliphatic rings. The Morgan fingerprint density at radius 3 is 2.16 bits per heavy atom. The lowest BCUT2D eigenvalue weighted by Crippen LogP contribution is -2.61. The molecule has 0 unspecified atom stereocenters. The van der Waals surface area contributed by atoms with E-state index in [0.717, 1.165) is 42.9 Å². The Morgan fingerprint density at radius 1 is 1.00 bits per heavy atom. The highest BCUT2D eigenvalue weighted by Crippen LogP contribution is 2.41. The Bertz CT molecular complexity index is 1130. The molecular weight excluding hydrogens is 444 g/mol. The lowest BCUT2D eigenvalue weighted by molar-refractivity contribution is 0.0105. The van der Waals surface area contributed by atoms with Crippen LogP contribution >= 0.6 is 11.6 Å². The SMILES string of the molecule is CN=C(N=C(C)N1CC2(CCN(S(=O)(=O)c3ccc(C)cc3)CC2)C1)c1ccc(Cl)cc1. The van der Waals surface area contributed by atoms with Crippen LogP contribution in [0.25, 0.3) is 0 Å². The van der Waals surface area contributed by atoms with Crippen molar-refractivity contribution in [2.45, 2.75) is 31.6 Å². The van der Waals surface area contributed by atoms with Gasteiger partial charge in [0.25, 0.3) is 0 Å². The third-order valence-electron chi connectivity index (χ3n) is 6.53. The van der Waals surface area contributed by atoms with Crippen molar-refractivity contribution >= 4 is 33.3 Å². The topological polar surface area (TPSA) is 65.3 Å². The van der Waals surface area contributed by atoms with Crippen LogP contribution in [-0.2, 0) is 10.0 Å². The molecule has 4 rings (SSSR count). The summed E-state index contributed by atoms with van der Waals surface area (Å²) in [6.07, 6.45) is 1.74. The highest BCUT2D eigenvalue weighted by molar-refractivity contribution is 7.89. The van der Waals surface area contributed by atoms with Crippen LogP contribution in [0.4, 0.5) is 0 Å². The molecule has 0 amide bonds. The molecule has 2 fully saturated rings. The summed E-state index contributed by atoms with van der Waals surface area (Å²) >= 11 is 5.98. The zero-order valence-corrected chi connectivity index (χ0v) is 20.3. The van der Waals surface area contributed by atoms with Crippen molar-refractivity contribution in [3.63, 3.8) is 0 Å². The Morgan fingerprint density at radius 2 is 1.59 bits per heavy atom. The monoisotopic (exact) mass is 472 g/mol. The molecule has 32 heavy (non-hydrogen) atoms. The van der Waals surface area contributed by atoms with Gasteiger partial charge in [-0.05, 0) is 63.1 Å². The molecular formula is C24H29ClN4O2S. The van der Waals surface area contributed by atoms with Crippen molar-refractivity contribution in [3.8, 4) is 0 Å². The molecule has 2 heterocycles. The van der Waals surface area contributed by atoms with E-state index in [1.165, 1.54) is 0 Å². The number of halogens is 1. The molecule has 1 spiro atoms. The van der Waals surface area contributed by atoms with Gasteiger partial charge < -0.3 is 4.90 Å². The van der Waals surface area contributed by atoms with E-state index in [2.05, 4.69) is 9.89 Å². The quantitative estimate of drug-likeness (QED) is 0.496. The van der Waals surface area contributed by atoms with E-state index in [0.29, 0.717) is 28.8 Å². The largest absolute Gasteiger partial charge is 0.359 e. The number of amidine groups is 2. The van der Waals surface area contributed by atoms with Crippen LogP contribution < -0.4 is 0 Å². The summed E-state index contributed by atoms with van der Waals surface area (Å²) in [5.41, 5.74) is 2.15. The minimum absolute atomic E-state index is 0.167. The third kappa shape index (κ3) is 4.60. The van der Waals surface area contributed by atoms with Crippen LogP contribution in [0, 0.1) is 12.3 Å². The van der Waals surface area contributed by atoms with Gasteiger partial charge in [-0.25, -0.2) is 13.4 Å². The Labute approximate surface area is 195 Å². The van der Waals surface area contributed by atoms with E-state index in [9.17, 15) is 8.42 Å². The van der Waals surface area contributed by atoms with E-state index in [-0.39, 0.29) is 5.41 Å². The van der Waals surface area contributed by atoms with Crippen molar-refractivity contribution in [1.29, 1.82) is 0 Å². The molecule has 2 aromatic rings. The average Bonchev–Trinajstić information content (AvgIpc) is 2.76. The van der Waals surface area contributed by atoms with Crippen LogP contribution in [0.15, 0.2) is 63.4 Å². The van der Waals surface area contributed by atoms with Gasteiger partial charge in [0, 0.05) is 49.2 Å². The van der Waals surface area contributed by atoms with Crippen molar-refractivity contribution in [2.24, 2.45) is 15.4 Å². The number of likely N-dealkylation sites (tertiary alicyclic amines) is 1. The number of aryl methyl sites for hydroxylation is 1. The molecule has 2 saturated heterocycles. The number of sulfonamides is 1. The van der Waals surface area contributed by atoms with E-state index < -0.39 is 10.0 Å². The van der Waals surface area contributed by atoms with Crippen molar-refractivity contribution in [1.82, 2.24) is 9.21 Å². The summed E-state index contributed by atoms with van der Waals surface area (Å²) in [4.78, 5) is 11.7. The third-order valence-corrected chi connectivity index (χ3v) is 8.70. The predicted octanol–water partition coefficient (Wildman–Crippen LogP) is 4.23. The molecule has 6 nitrogen and oxygen atoms in total. The zero-order valence-electron chi connectivity index (χ0n) is 18.8. The first kappa shape index (κ1) is 23.0. The zero-order chi connectivity index (χ0) is 22.9. The minimum Gasteiger partial charge on any atom is -0.359 e. The number of hydrogen-bond donors (Lipinski definition) is 0. The Kier molecular flexibility index (Phi) is 6.43. The van der Waals surface area contributed by atoms with Gasteiger partial charge in [0.05, 0.1) is 4.90 Å². The Balaban J connectivity index is 1.36. The molecule has 0 aromatic heterocycles. The van der Waals surface area contributed by atoms with Gasteiger partial charge in [-0.15, -0.1) is 0 Å². The summed E-state index contributed by atoms with van der Waals surface area (Å²) in [6.45, 7) is 6.89. The summed E-state index contributed by atoms with van der Waals surface area (Å²) in [5.74, 6) is 1.61. The number of piperidine rings is 1. The fourth-order valence-electron chi connectivity index (χ4n) is 4.44. The second kappa shape index (κ2) is 8.96. The molecule has 8 heteroatoms. The fraction of sp³-hybridized carbons (Fsp3) is 0.417. The van der Waals surface area contributed by atoms with Gasteiger partial charge in [-0.1, -0.05) is 29.3 Å². The van der Waals surface area contributed by atoms with Crippen LogP contribution in [0.2, 0.25) is 5.02 Å². The molecule has 0 bridgehead atoms. The maximum Gasteiger partial charge on any atom is 0.243 e. The van der Waals surface area contributed by atoms with Crippen molar-refractivity contribution in [2.75, 3.05) is 33.2 Å². The minimum atomic E-state index is -3.43. The number of benzene rings is 2. The second-order valence-corrected chi connectivity index (χ2v) is 11.2. The lowest BCUT2D eigenvalue weighted by atomic mass is 9.72. The Hall–Kier alpha value is -2.22. The van der Waals surface area contributed by atoms with Crippen molar-refractivity contribution in [3.05, 3.63) is 64.7 Å². The number of nitrogens with zero attached hydrogens (tertiary/aromatic N) is 4. The maximum absolute atomic E-state index is 13.0. The van der Waals surface area contributed by atoms with E-state index in [4.69, 9.17) is 16.6 Å². The molecule has 170 valence electrons. The fourth-order valence-corrected chi connectivity index (χ4v) is 6.00. The van der Waals surface area contributed by atoms with Crippen LogP contribution in [0.3, 0.4) is 0 Å². The van der Waals surface area contributed by atoms with Gasteiger partial charge in [0.1, 0.15) is 5.84 Å². The number of aliphatic imine (C=N–C) groups is 2. The van der Waals surface area contributed by atoms with E-state index in [1.54, 1.807) is 23.5 Å². The summed E-state index contributed by atoms with van der Waals surface area (Å²) in [6, 6.07) is 14.6. The van der Waals surface area contributed by atoms with Crippen LogP contribution in [0.1, 0.15) is 30.9 Å². The van der Waals surface area contributed by atoms with E-state index >= 15 is 0 Å². The van der Waals surface area contributed by atoms with Gasteiger partial charge >= 0.3 is 0 Å². The maximum atomic E-state index is 13.0. The molecule has 0 atom stereocenters. The lowest BCUT2D eigenvalue weighted by Gasteiger charge is -2.54. The second-order valence-electron chi connectivity index (χ2n) is 8.79. The molecule has 0 N–H and O–H groups in total. The highest BCUT2D eigenvalue weighted by Gasteiger charge is 2.47. The molecule has 2 aliphatic heterocycles. The highest BCUT2D eigenvalue weighted by atomic mass is 35.5. The molecule has 0 saturated carbocycles. The molecule has 2 aromatic carbocycles. The number of rotatable bonds is 3. The standard InChI is InChI=1S/C24H29ClN4O2S/c1-18-4-10-22(11-5-18)32(30,31)29-14-12-24(13-15-29)16-28(17-24)19(2)27-23(26-3)20-6-8-21(25)9-7-20/h4-11H,12-17H2,1-3H3. The summed E-state index contributed by atoms with van der Waals surface area (Å²) in [5, 5.41) is 0.685. The smallest absolute Gasteiger partial charge is 0.243 e. The molecule has 0 radical (unpaired) electrons. The molecule has 0 aliphatic carbocycles. The van der Waals surface area contributed by atoms with E-state index in [1.807, 2.05) is 50.2 Å². The average molecular weight is 473 g/mol. The van der Waals surface area contributed by atoms with Gasteiger partial charge in [0.15, 0.2) is 5.84 Å². The predicted molar refractivity (Wildman–Crippen MR) is 130 cm³/mol. The first-order valence-corrected chi connectivity index (χ1v) is 12.6. The van der Waals surface area contributed by atoms with Crippen LogP contribution in [-0.4, -0.2) is 62.5 Å². The first-order chi connectivity index (χ1) is 15.2. The van der Waals surface area contributed by atoms with Crippen molar-refractivity contribution < 1.29 is 8.42 Å². The first-order valence-electron chi connectivity index (χ1n) is 10.8. The van der Waals surface area contributed by atoms with Crippen LogP contribution in [0.5, 0.6) is 0 Å². The van der Waals surface area contributed by atoms with Gasteiger partial charge in [0.2, 0.25) is 10.0 Å². The van der Waals surface area contributed by atoms with Gasteiger partial charge in [-0.2, -0.15) is 4.31 Å². The summed E-state index contributed by atoms with van der Waals surface area (Å²) < 4.78 is 27.6.